The SMILES string of the molecule is Cc1cc(=O)c2c(O)cc(OCc3ccc(CO)cc3)c(C3CCN(C)CC3O)c2o1. The van der Waals surface area contributed by atoms with Gasteiger partial charge in [0.25, 0.3) is 0 Å². The average Bonchev–Trinajstić information content (AvgIpc) is 2.73. The van der Waals surface area contributed by atoms with E-state index in [2.05, 4.69) is 4.90 Å². The van der Waals surface area contributed by atoms with Crippen molar-refractivity contribution in [1.82, 2.24) is 4.90 Å². The summed E-state index contributed by atoms with van der Waals surface area (Å²) >= 11 is 0. The molecule has 2 heterocycles. The van der Waals surface area contributed by atoms with Crippen LogP contribution in [0, 0.1) is 6.92 Å². The molecule has 2 unspecified atom stereocenters. The minimum Gasteiger partial charge on any atom is -0.507 e. The fourth-order valence-electron chi connectivity index (χ4n) is 4.23. The van der Waals surface area contributed by atoms with Gasteiger partial charge in [0.1, 0.15) is 34.8 Å². The van der Waals surface area contributed by atoms with Gasteiger partial charge in [-0.15, -0.1) is 0 Å². The molecular formula is C24H27NO6. The van der Waals surface area contributed by atoms with Crippen LogP contribution in [0.2, 0.25) is 0 Å². The third-order valence-corrected chi connectivity index (χ3v) is 5.86. The summed E-state index contributed by atoms with van der Waals surface area (Å²) in [4.78, 5) is 14.6. The van der Waals surface area contributed by atoms with Gasteiger partial charge in [0.15, 0.2) is 5.43 Å². The molecule has 4 rings (SSSR count). The zero-order valence-electron chi connectivity index (χ0n) is 17.7. The lowest BCUT2D eigenvalue weighted by molar-refractivity contribution is 0.0626. The van der Waals surface area contributed by atoms with Gasteiger partial charge in [-0.3, -0.25) is 4.79 Å². The molecule has 0 spiro atoms. The molecule has 7 nitrogen and oxygen atoms in total. The quantitative estimate of drug-likeness (QED) is 0.577. The monoisotopic (exact) mass is 425 g/mol. The van der Waals surface area contributed by atoms with Gasteiger partial charge in [0.2, 0.25) is 0 Å². The lowest BCUT2D eigenvalue weighted by Gasteiger charge is -2.34. The van der Waals surface area contributed by atoms with Crippen LogP contribution in [0.3, 0.4) is 0 Å². The summed E-state index contributed by atoms with van der Waals surface area (Å²) in [5.41, 5.74) is 2.24. The van der Waals surface area contributed by atoms with E-state index < -0.39 is 6.10 Å². The number of phenols is 1. The number of benzene rings is 2. The number of rotatable bonds is 5. The number of aryl methyl sites for hydroxylation is 1. The van der Waals surface area contributed by atoms with Gasteiger partial charge >= 0.3 is 0 Å². The molecule has 0 amide bonds. The van der Waals surface area contributed by atoms with E-state index in [1.807, 2.05) is 31.3 Å². The number of likely N-dealkylation sites (tertiary alicyclic amines) is 1. The zero-order valence-corrected chi connectivity index (χ0v) is 17.7. The van der Waals surface area contributed by atoms with E-state index in [4.69, 9.17) is 9.15 Å². The van der Waals surface area contributed by atoms with Crippen LogP contribution in [0.1, 0.15) is 34.8 Å². The second-order valence-electron chi connectivity index (χ2n) is 8.22. The second kappa shape index (κ2) is 8.70. The number of likely N-dealkylation sites (N-methyl/N-ethyl adjacent to an activating group) is 1. The highest BCUT2D eigenvalue weighted by atomic mass is 16.5. The number of hydrogen-bond acceptors (Lipinski definition) is 7. The minimum absolute atomic E-state index is 0.0315. The summed E-state index contributed by atoms with van der Waals surface area (Å²) in [7, 11) is 1.95. The maximum Gasteiger partial charge on any atom is 0.196 e. The van der Waals surface area contributed by atoms with E-state index in [0.717, 1.165) is 17.7 Å². The maximum atomic E-state index is 12.6. The number of phenolic OH excluding ortho intramolecular Hbond substituents is 1. The largest absolute Gasteiger partial charge is 0.507 e. The molecule has 31 heavy (non-hydrogen) atoms. The number of hydrogen-bond donors (Lipinski definition) is 3. The Morgan fingerprint density at radius 2 is 1.90 bits per heavy atom. The van der Waals surface area contributed by atoms with E-state index in [9.17, 15) is 20.1 Å². The molecule has 1 aromatic heterocycles. The van der Waals surface area contributed by atoms with Crippen molar-refractivity contribution < 1.29 is 24.5 Å². The molecule has 0 saturated carbocycles. The minimum atomic E-state index is -0.663. The van der Waals surface area contributed by atoms with Crippen LogP contribution in [0.15, 0.2) is 45.6 Å². The second-order valence-corrected chi connectivity index (χ2v) is 8.22. The lowest BCUT2D eigenvalue weighted by atomic mass is 9.85. The summed E-state index contributed by atoms with van der Waals surface area (Å²) in [6.07, 6.45) is 0.0000130. The van der Waals surface area contributed by atoms with Crippen molar-refractivity contribution in [3.8, 4) is 11.5 Å². The van der Waals surface area contributed by atoms with Crippen molar-refractivity contribution in [2.75, 3.05) is 20.1 Å². The zero-order chi connectivity index (χ0) is 22.1. The van der Waals surface area contributed by atoms with Crippen LogP contribution in [-0.4, -0.2) is 46.5 Å². The van der Waals surface area contributed by atoms with Crippen molar-refractivity contribution in [3.05, 3.63) is 69.1 Å². The summed E-state index contributed by atoms with van der Waals surface area (Å²) in [6.45, 7) is 3.15. The maximum absolute atomic E-state index is 12.6. The van der Waals surface area contributed by atoms with Crippen molar-refractivity contribution >= 4 is 11.0 Å². The predicted molar refractivity (Wildman–Crippen MR) is 116 cm³/mol. The van der Waals surface area contributed by atoms with E-state index in [-0.39, 0.29) is 41.3 Å². The van der Waals surface area contributed by atoms with Gasteiger partial charge in [-0.2, -0.15) is 0 Å². The Balaban J connectivity index is 1.80. The summed E-state index contributed by atoms with van der Waals surface area (Å²) < 4.78 is 12.0. The highest BCUT2D eigenvalue weighted by Crippen LogP contribution is 2.42. The molecule has 7 heteroatoms. The molecule has 1 fully saturated rings. The molecule has 2 atom stereocenters. The lowest BCUT2D eigenvalue weighted by Crippen LogP contribution is -2.40. The fraction of sp³-hybridized carbons (Fsp3) is 0.375. The Kier molecular flexibility index (Phi) is 6.00. The molecule has 3 N–H and O–H groups in total. The first-order chi connectivity index (χ1) is 14.9. The number of fused-ring (bicyclic) bond motifs is 1. The molecule has 0 bridgehead atoms. The van der Waals surface area contributed by atoms with E-state index in [0.29, 0.717) is 30.0 Å². The third-order valence-electron chi connectivity index (χ3n) is 5.86. The topological polar surface area (TPSA) is 103 Å². The van der Waals surface area contributed by atoms with Crippen LogP contribution < -0.4 is 10.2 Å². The van der Waals surface area contributed by atoms with Crippen LogP contribution in [-0.2, 0) is 13.2 Å². The molecule has 3 aromatic rings. The first-order valence-electron chi connectivity index (χ1n) is 10.4. The molecule has 2 aromatic carbocycles. The number of aliphatic hydroxyl groups excluding tert-OH is 2. The summed E-state index contributed by atoms with van der Waals surface area (Å²) in [5, 5.41) is 30.7. The van der Waals surface area contributed by atoms with E-state index in [1.54, 1.807) is 6.92 Å². The standard InChI is InChI=1S/C24H27NO6/c1-14-9-18(27)23-19(28)10-21(30-13-16-5-3-15(12-26)4-6-16)22(24(23)31-14)17-7-8-25(2)11-20(17)29/h3-6,9-10,17,20,26,28-29H,7-8,11-13H2,1-2H3. The number of aromatic hydroxyl groups is 1. The summed E-state index contributed by atoms with van der Waals surface area (Å²) in [5.74, 6) is 0.312. The Hall–Kier alpha value is -2.87. The number of ether oxygens (including phenoxy) is 1. The molecule has 1 aliphatic rings. The van der Waals surface area contributed by atoms with Gasteiger partial charge in [-0.25, -0.2) is 0 Å². The number of aliphatic hydroxyl groups is 2. The Morgan fingerprint density at radius 1 is 1.19 bits per heavy atom. The van der Waals surface area contributed by atoms with Crippen LogP contribution in [0.25, 0.3) is 11.0 Å². The van der Waals surface area contributed by atoms with E-state index >= 15 is 0 Å². The third kappa shape index (κ3) is 4.30. The average molecular weight is 425 g/mol. The van der Waals surface area contributed by atoms with Crippen molar-refractivity contribution in [2.45, 2.75) is 38.6 Å². The molecule has 0 aliphatic carbocycles. The summed E-state index contributed by atoms with van der Waals surface area (Å²) in [6, 6.07) is 10.2. The van der Waals surface area contributed by atoms with Crippen molar-refractivity contribution in [3.63, 3.8) is 0 Å². The highest BCUT2D eigenvalue weighted by molar-refractivity contribution is 5.88. The first kappa shape index (κ1) is 21.4. The van der Waals surface area contributed by atoms with Gasteiger partial charge in [-0.05, 0) is 38.1 Å². The predicted octanol–water partition coefficient (Wildman–Crippen LogP) is 2.66. The molecule has 0 radical (unpaired) electrons. The van der Waals surface area contributed by atoms with Gasteiger partial charge in [0, 0.05) is 30.2 Å². The molecule has 1 aliphatic heterocycles. The van der Waals surface area contributed by atoms with Crippen molar-refractivity contribution in [1.29, 1.82) is 0 Å². The number of β-amino-alcohol motifs (C(OH)–C–C–N with tert-alkyl or cyclic N) is 1. The normalized spacial score (nSPS) is 19.6. The fourth-order valence-corrected chi connectivity index (χ4v) is 4.23. The Morgan fingerprint density at radius 3 is 2.58 bits per heavy atom. The van der Waals surface area contributed by atoms with Crippen LogP contribution >= 0.6 is 0 Å². The van der Waals surface area contributed by atoms with Gasteiger partial charge in [0.05, 0.1) is 12.7 Å². The molecular weight excluding hydrogens is 398 g/mol. The number of piperidine rings is 1. The van der Waals surface area contributed by atoms with Gasteiger partial charge < -0.3 is 29.4 Å². The molecule has 164 valence electrons. The first-order valence-corrected chi connectivity index (χ1v) is 10.4. The highest BCUT2D eigenvalue weighted by Gasteiger charge is 2.33. The van der Waals surface area contributed by atoms with E-state index in [1.165, 1.54) is 12.1 Å². The number of nitrogens with zero attached hydrogens (tertiary/aromatic N) is 1. The Bertz CT molecular complexity index is 1140. The van der Waals surface area contributed by atoms with Crippen molar-refractivity contribution in [2.24, 2.45) is 0 Å². The van der Waals surface area contributed by atoms with Crippen LogP contribution in [0.5, 0.6) is 11.5 Å². The smallest absolute Gasteiger partial charge is 0.196 e. The Labute approximate surface area is 180 Å². The van der Waals surface area contributed by atoms with Gasteiger partial charge in [-0.1, -0.05) is 24.3 Å². The molecule has 1 saturated heterocycles. The van der Waals surface area contributed by atoms with Crippen LogP contribution in [0.4, 0.5) is 0 Å².